The molecule has 0 amide bonds. The average Bonchev–Trinajstić information content (AvgIpc) is 2.27. The topological polar surface area (TPSA) is 21.3 Å². The molecule has 1 rings (SSSR count). The van der Waals surface area contributed by atoms with Crippen molar-refractivity contribution in [3.8, 4) is 5.75 Å². The number of halogens is 2. The van der Waals surface area contributed by atoms with Crippen molar-refractivity contribution < 1.29 is 9.13 Å². The molecule has 1 N–H and O–H groups in total. The van der Waals surface area contributed by atoms with Crippen molar-refractivity contribution in [1.29, 1.82) is 0 Å². The molecule has 1 aromatic rings. The summed E-state index contributed by atoms with van der Waals surface area (Å²) >= 11 is 6.18. The van der Waals surface area contributed by atoms with Gasteiger partial charge in [-0.25, -0.2) is 0 Å². The zero-order chi connectivity index (χ0) is 13.6. The van der Waals surface area contributed by atoms with Gasteiger partial charge in [0.25, 0.3) is 0 Å². The van der Waals surface area contributed by atoms with E-state index in [4.69, 9.17) is 16.3 Å². The molecule has 4 heteroatoms. The van der Waals surface area contributed by atoms with Gasteiger partial charge < -0.3 is 10.1 Å². The molecule has 18 heavy (non-hydrogen) atoms. The fourth-order valence-electron chi connectivity index (χ4n) is 1.44. The van der Waals surface area contributed by atoms with Crippen molar-refractivity contribution >= 4 is 11.6 Å². The first kappa shape index (κ1) is 15.3. The highest BCUT2D eigenvalue weighted by atomic mass is 35.5. The van der Waals surface area contributed by atoms with Gasteiger partial charge in [-0.15, -0.1) is 0 Å². The van der Waals surface area contributed by atoms with Crippen molar-refractivity contribution in [2.75, 3.05) is 13.3 Å². The number of nitrogens with one attached hydrogen (secondary N) is 1. The maximum absolute atomic E-state index is 12.1. The quantitative estimate of drug-likeness (QED) is 0.792. The second-order valence-corrected chi connectivity index (χ2v) is 5.62. The molecule has 0 aromatic heterocycles. The van der Waals surface area contributed by atoms with Crippen LogP contribution in [0.4, 0.5) is 4.39 Å². The highest BCUT2D eigenvalue weighted by Crippen LogP contribution is 2.27. The Balaban J connectivity index is 2.74. The standard InChI is InChI=1S/C14H21ClFNO/c1-14(2,3)17-10-11-12(15)6-4-7-13(11)18-9-5-8-16/h4,6-7,17H,5,8-10H2,1-3H3. The van der Waals surface area contributed by atoms with Gasteiger partial charge in [0, 0.05) is 29.1 Å². The van der Waals surface area contributed by atoms with E-state index in [1.165, 1.54) is 0 Å². The second kappa shape index (κ2) is 6.95. The van der Waals surface area contributed by atoms with E-state index in [1.807, 2.05) is 18.2 Å². The number of alkyl halides is 1. The van der Waals surface area contributed by atoms with Crippen molar-refractivity contribution in [3.63, 3.8) is 0 Å². The third-order valence-corrected chi connectivity index (χ3v) is 2.76. The van der Waals surface area contributed by atoms with Gasteiger partial charge in [0.05, 0.1) is 13.3 Å². The van der Waals surface area contributed by atoms with Gasteiger partial charge in [0.1, 0.15) is 5.75 Å². The number of hydrogen-bond donors (Lipinski definition) is 1. The van der Waals surface area contributed by atoms with Gasteiger partial charge in [-0.3, -0.25) is 4.39 Å². The Morgan fingerprint density at radius 3 is 2.67 bits per heavy atom. The van der Waals surface area contributed by atoms with E-state index in [-0.39, 0.29) is 12.2 Å². The van der Waals surface area contributed by atoms with E-state index in [0.717, 1.165) is 11.3 Å². The maximum atomic E-state index is 12.1. The Morgan fingerprint density at radius 2 is 2.06 bits per heavy atom. The van der Waals surface area contributed by atoms with Gasteiger partial charge in [0.2, 0.25) is 0 Å². The van der Waals surface area contributed by atoms with Crippen molar-refractivity contribution in [1.82, 2.24) is 5.32 Å². The van der Waals surface area contributed by atoms with E-state index in [9.17, 15) is 4.39 Å². The molecule has 2 nitrogen and oxygen atoms in total. The molecule has 0 aliphatic carbocycles. The second-order valence-electron chi connectivity index (χ2n) is 5.21. The smallest absolute Gasteiger partial charge is 0.125 e. The van der Waals surface area contributed by atoms with Gasteiger partial charge in [-0.05, 0) is 32.9 Å². The zero-order valence-corrected chi connectivity index (χ0v) is 12.0. The largest absolute Gasteiger partial charge is 0.493 e. The molecule has 0 atom stereocenters. The summed E-state index contributed by atoms with van der Waals surface area (Å²) < 4.78 is 17.6. The maximum Gasteiger partial charge on any atom is 0.125 e. The van der Waals surface area contributed by atoms with Crippen molar-refractivity contribution in [3.05, 3.63) is 28.8 Å². The van der Waals surface area contributed by atoms with Gasteiger partial charge in [0.15, 0.2) is 0 Å². The summed E-state index contributed by atoms with van der Waals surface area (Å²) in [7, 11) is 0. The number of rotatable bonds is 6. The van der Waals surface area contributed by atoms with Crippen molar-refractivity contribution in [2.45, 2.75) is 39.3 Å². The molecule has 0 fully saturated rings. The molecule has 1 aromatic carbocycles. The summed E-state index contributed by atoms with van der Waals surface area (Å²) in [6.07, 6.45) is 0.401. The highest BCUT2D eigenvalue weighted by Gasteiger charge is 2.13. The van der Waals surface area contributed by atoms with Crippen LogP contribution in [0.25, 0.3) is 0 Å². The normalized spacial score (nSPS) is 11.6. The number of hydrogen-bond acceptors (Lipinski definition) is 2. The summed E-state index contributed by atoms with van der Waals surface area (Å²) in [6, 6.07) is 5.54. The van der Waals surface area contributed by atoms with Crippen LogP contribution in [0, 0.1) is 0 Å². The van der Waals surface area contributed by atoms with E-state index in [2.05, 4.69) is 26.1 Å². The Kier molecular flexibility index (Phi) is 5.89. The predicted molar refractivity (Wildman–Crippen MR) is 74.1 cm³/mol. The molecular formula is C14H21ClFNO. The lowest BCUT2D eigenvalue weighted by Crippen LogP contribution is -2.35. The number of benzene rings is 1. The minimum absolute atomic E-state index is 0.00930. The summed E-state index contributed by atoms with van der Waals surface area (Å²) in [6.45, 7) is 6.91. The lowest BCUT2D eigenvalue weighted by Gasteiger charge is -2.22. The first-order valence-corrected chi connectivity index (χ1v) is 6.53. The lowest BCUT2D eigenvalue weighted by atomic mass is 10.1. The van der Waals surface area contributed by atoms with Crippen LogP contribution in [0.1, 0.15) is 32.8 Å². The molecule has 0 heterocycles. The minimum Gasteiger partial charge on any atom is -0.493 e. The van der Waals surface area contributed by atoms with Gasteiger partial charge >= 0.3 is 0 Å². The van der Waals surface area contributed by atoms with Crippen LogP contribution < -0.4 is 10.1 Å². The minimum atomic E-state index is -0.365. The van der Waals surface area contributed by atoms with Crippen LogP contribution in [0.5, 0.6) is 5.75 Å². The third kappa shape index (κ3) is 5.23. The third-order valence-electron chi connectivity index (χ3n) is 2.41. The van der Waals surface area contributed by atoms with Crippen molar-refractivity contribution in [2.24, 2.45) is 0 Å². The predicted octanol–water partition coefficient (Wildman–Crippen LogP) is 3.97. The fraction of sp³-hybridized carbons (Fsp3) is 0.571. The highest BCUT2D eigenvalue weighted by molar-refractivity contribution is 6.31. The monoisotopic (exact) mass is 273 g/mol. The summed E-state index contributed by atoms with van der Waals surface area (Å²) in [5.41, 5.74) is 0.933. The van der Waals surface area contributed by atoms with Crippen LogP contribution in [-0.2, 0) is 6.54 Å². The molecule has 0 saturated carbocycles. The molecule has 0 radical (unpaired) electrons. The zero-order valence-electron chi connectivity index (χ0n) is 11.2. The Bertz CT molecular complexity index is 377. The van der Waals surface area contributed by atoms with Crippen LogP contribution in [0.15, 0.2) is 18.2 Å². The van der Waals surface area contributed by atoms with E-state index >= 15 is 0 Å². The summed E-state index contributed by atoms with van der Waals surface area (Å²) in [5.74, 6) is 0.729. The molecule has 0 spiro atoms. The molecular weight excluding hydrogens is 253 g/mol. The van der Waals surface area contributed by atoms with Crippen LogP contribution in [-0.4, -0.2) is 18.8 Å². The Morgan fingerprint density at radius 1 is 1.33 bits per heavy atom. The molecule has 0 aliphatic heterocycles. The van der Waals surface area contributed by atoms with E-state index < -0.39 is 0 Å². The summed E-state index contributed by atoms with van der Waals surface area (Å²) in [4.78, 5) is 0. The Hall–Kier alpha value is -0.800. The van der Waals surface area contributed by atoms with E-state index in [1.54, 1.807) is 0 Å². The fourth-order valence-corrected chi connectivity index (χ4v) is 1.67. The van der Waals surface area contributed by atoms with Crippen LogP contribution >= 0.6 is 11.6 Å². The van der Waals surface area contributed by atoms with E-state index in [0.29, 0.717) is 24.6 Å². The first-order chi connectivity index (χ1) is 8.44. The SMILES string of the molecule is CC(C)(C)NCc1c(Cl)cccc1OCCCF. The average molecular weight is 274 g/mol. The molecule has 0 aliphatic rings. The van der Waals surface area contributed by atoms with Crippen LogP contribution in [0.2, 0.25) is 5.02 Å². The first-order valence-electron chi connectivity index (χ1n) is 6.15. The Labute approximate surface area is 113 Å². The number of ether oxygens (including phenoxy) is 1. The van der Waals surface area contributed by atoms with Gasteiger partial charge in [-0.1, -0.05) is 17.7 Å². The lowest BCUT2D eigenvalue weighted by molar-refractivity contribution is 0.285. The molecule has 102 valence electrons. The molecule has 0 bridgehead atoms. The van der Waals surface area contributed by atoms with Crippen LogP contribution in [0.3, 0.4) is 0 Å². The van der Waals surface area contributed by atoms with Gasteiger partial charge in [-0.2, -0.15) is 0 Å². The molecule has 0 unspecified atom stereocenters. The molecule has 0 saturated heterocycles. The summed E-state index contributed by atoms with van der Waals surface area (Å²) in [5, 5.41) is 4.04.